The number of benzene rings is 1. The molecule has 0 fully saturated rings. The Morgan fingerprint density at radius 2 is 2.07 bits per heavy atom. The van der Waals surface area contributed by atoms with Gasteiger partial charge in [0, 0.05) is 12.1 Å². The Hall–Kier alpha value is -3.28. The van der Waals surface area contributed by atoms with Crippen molar-refractivity contribution < 1.29 is 22.9 Å². The second-order valence-corrected chi connectivity index (χ2v) is 6.02. The Morgan fingerprint density at radius 1 is 1.32 bits per heavy atom. The lowest BCUT2D eigenvalue weighted by Gasteiger charge is -2.03. The monoisotopic (exact) mass is 409 g/mol. The number of alkyl halides is 2. The van der Waals surface area contributed by atoms with Gasteiger partial charge in [-0.3, -0.25) is 10.1 Å². The Balaban J connectivity index is 1.65. The summed E-state index contributed by atoms with van der Waals surface area (Å²) < 4.78 is 37.9. The third kappa shape index (κ3) is 4.52. The van der Waals surface area contributed by atoms with Crippen molar-refractivity contribution in [2.45, 2.75) is 18.2 Å². The molecule has 2 heterocycles. The molecule has 0 aliphatic carbocycles. The van der Waals surface area contributed by atoms with Gasteiger partial charge in [-0.25, -0.2) is 8.78 Å². The molecule has 2 aromatic heterocycles. The molecule has 28 heavy (non-hydrogen) atoms. The highest BCUT2D eigenvalue weighted by Gasteiger charge is 2.19. The summed E-state index contributed by atoms with van der Waals surface area (Å²) in [4.78, 5) is 10.1. The molecule has 0 saturated carbocycles. The van der Waals surface area contributed by atoms with Gasteiger partial charge >= 0.3 is 0 Å². The average molecular weight is 409 g/mol. The van der Waals surface area contributed by atoms with Gasteiger partial charge in [-0.1, -0.05) is 11.8 Å². The largest absolute Gasteiger partial charge is 0.486 e. The molecule has 0 unspecified atom stereocenters. The number of thioether (sulfide) groups is 1. The quantitative estimate of drug-likeness (QED) is 0.240. The average Bonchev–Trinajstić information content (AvgIpc) is 3.31. The minimum absolute atomic E-state index is 0.0365. The Kier molecular flexibility index (Phi) is 5.99. The van der Waals surface area contributed by atoms with Gasteiger partial charge in [-0.2, -0.15) is 9.78 Å². The van der Waals surface area contributed by atoms with Gasteiger partial charge in [0.2, 0.25) is 11.0 Å². The fourth-order valence-electron chi connectivity index (χ4n) is 2.12. The number of nitro groups is 1. The highest BCUT2D eigenvalue weighted by Crippen LogP contribution is 2.22. The second-order valence-electron chi connectivity index (χ2n) is 5.25. The van der Waals surface area contributed by atoms with E-state index in [0.717, 1.165) is 16.4 Å². The van der Waals surface area contributed by atoms with E-state index >= 15 is 0 Å². The summed E-state index contributed by atoms with van der Waals surface area (Å²) in [5, 5.41) is 21.9. The predicted molar refractivity (Wildman–Crippen MR) is 95.9 cm³/mol. The van der Waals surface area contributed by atoms with E-state index in [9.17, 15) is 18.9 Å². The van der Waals surface area contributed by atoms with Crippen LogP contribution in [0.2, 0.25) is 0 Å². The first-order valence-corrected chi connectivity index (χ1v) is 8.98. The molecule has 3 rings (SSSR count). The summed E-state index contributed by atoms with van der Waals surface area (Å²) in [5.41, 5.74) is -0.0365. The van der Waals surface area contributed by atoms with Gasteiger partial charge in [-0.05, 0) is 30.5 Å². The van der Waals surface area contributed by atoms with Crippen molar-refractivity contribution in [3.05, 3.63) is 63.9 Å². The lowest BCUT2D eigenvalue weighted by Crippen LogP contribution is -2.00. The standard InChI is InChI=1S/C16H13F2N5O4S/c1-28-16-21-20-15(14(17)18)22(16)19-8-12-6-7-13(27-12)9-26-11-4-2-10(3-5-11)23(24)25/h2-8,14H,9H2,1H3/b19-8-. The fourth-order valence-corrected chi connectivity index (χ4v) is 2.56. The number of ether oxygens (including phenoxy) is 1. The first-order chi connectivity index (χ1) is 13.5. The molecule has 0 bridgehead atoms. The summed E-state index contributed by atoms with van der Waals surface area (Å²) in [6.45, 7) is 0.0800. The zero-order valence-corrected chi connectivity index (χ0v) is 15.2. The van der Waals surface area contributed by atoms with Crippen LogP contribution in [0.25, 0.3) is 0 Å². The van der Waals surface area contributed by atoms with E-state index < -0.39 is 17.2 Å². The van der Waals surface area contributed by atoms with Gasteiger partial charge in [0.1, 0.15) is 23.9 Å². The van der Waals surface area contributed by atoms with Gasteiger partial charge in [-0.15, -0.1) is 10.2 Å². The van der Waals surface area contributed by atoms with Crippen molar-refractivity contribution in [1.82, 2.24) is 14.9 Å². The maximum Gasteiger partial charge on any atom is 0.299 e. The normalized spacial score (nSPS) is 11.4. The maximum absolute atomic E-state index is 13.0. The number of nitrogens with zero attached hydrogens (tertiary/aromatic N) is 5. The number of halogens is 2. The topological polar surface area (TPSA) is 109 Å². The van der Waals surface area contributed by atoms with Crippen molar-refractivity contribution in [3.63, 3.8) is 0 Å². The molecular weight excluding hydrogens is 396 g/mol. The van der Waals surface area contributed by atoms with Crippen LogP contribution in [-0.2, 0) is 6.61 Å². The molecule has 0 N–H and O–H groups in total. The van der Waals surface area contributed by atoms with Crippen molar-refractivity contribution in [2.24, 2.45) is 5.10 Å². The first-order valence-electron chi connectivity index (χ1n) is 7.75. The SMILES string of the molecule is CSc1nnc(C(F)F)n1/N=C\c1ccc(COc2ccc([N+](=O)[O-])cc2)o1. The minimum atomic E-state index is -2.81. The molecule has 146 valence electrons. The zero-order chi connectivity index (χ0) is 20.1. The van der Waals surface area contributed by atoms with Gasteiger partial charge in [0.15, 0.2) is 0 Å². The molecule has 1 aromatic carbocycles. The van der Waals surface area contributed by atoms with Crippen molar-refractivity contribution in [3.8, 4) is 5.75 Å². The molecule has 0 spiro atoms. The number of non-ortho nitro benzene ring substituents is 1. The van der Waals surface area contributed by atoms with Crippen LogP contribution in [0.3, 0.4) is 0 Å². The van der Waals surface area contributed by atoms with Gasteiger partial charge < -0.3 is 9.15 Å². The third-order valence-corrected chi connectivity index (χ3v) is 4.05. The van der Waals surface area contributed by atoms with Crippen LogP contribution in [-0.4, -0.2) is 32.3 Å². The summed E-state index contributed by atoms with van der Waals surface area (Å²) in [7, 11) is 0. The van der Waals surface area contributed by atoms with E-state index in [4.69, 9.17) is 9.15 Å². The van der Waals surface area contributed by atoms with Gasteiger partial charge in [0.05, 0.1) is 11.1 Å². The molecule has 9 nitrogen and oxygen atoms in total. The fraction of sp³-hybridized carbons (Fsp3) is 0.188. The van der Waals surface area contributed by atoms with Crippen LogP contribution < -0.4 is 4.74 Å². The van der Waals surface area contributed by atoms with Crippen LogP contribution in [0.1, 0.15) is 23.8 Å². The van der Waals surface area contributed by atoms with Crippen molar-refractivity contribution >= 4 is 23.7 Å². The number of furan rings is 1. The van der Waals surface area contributed by atoms with E-state index in [-0.39, 0.29) is 17.5 Å². The van der Waals surface area contributed by atoms with Crippen LogP contribution in [0.15, 0.2) is 51.1 Å². The maximum atomic E-state index is 13.0. The molecular formula is C16H13F2N5O4S. The Bertz CT molecular complexity index is 987. The lowest BCUT2D eigenvalue weighted by molar-refractivity contribution is -0.384. The first kappa shape index (κ1) is 19.5. The molecule has 12 heteroatoms. The predicted octanol–water partition coefficient (Wildman–Crippen LogP) is 3.90. The number of rotatable bonds is 8. The number of nitro benzene ring substituents is 1. The van der Waals surface area contributed by atoms with E-state index in [1.54, 1.807) is 18.4 Å². The summed E-state index contributed by atoms with van der Waals surface area (Å²) in [5.74, 6) is 0.660. The van der Waals surface area contributed by atoms with Crippen LogP contribution in [0.4, 0.5) is 14.5 Å². The zero-order valence-electron chi connectivity index (χ0n) is 14.4. The molecule has 0 aliphatic heterocycles. The van der Waals surface area contributed by atoms with E-state index in [2.05, 4.69) is 15.3 Å². The third-order valence-electron chi connectivity index (χ3n) is 3.43. The van der Waals surface area contributed by atoms with Crippen molar-refractivity contribution in [1.29, 1.82) is 0 Å². The van der Waals surface area contributed by atoms with E-state index in [0.29, 0.717) is 17.3 Å². The number of hydrogen-bond donors (Lipinski definition) is 0. The molecule has 0 aliphatic rings. The Morgan fingerprint density at radius 3 is 2.71 bits per heavy atom. The van der Waals surface area contributed by atoms with E-state index in [1.807, 2.05) is 0 Å². The molecule has 0 amide bonds. The summed E-state index contributed by atoms with van der Waals surface area (Å²) in [6, 6.07) is 8.86. The molecule has 0 radical (unpaired) electrons. The van der Waals surface area contributed by atoms with Gasteiger partial charge in [0.25, 0.3) is 12.1 Å². The Labute approximate surface area is 161 Å². The van der Waals surface area contributed by atoms with Crippen LogP contribution >= 0.6 is 11.8 Å². The van der Waals surface area contributed by atoms with Crippen LogP contribution in [0, 0.1) is 10.1 Å². The highest BCUT2D eigenvalue weighted by molar-refractivity contribution is 7.98. The summed E-state index contributed by atoms with van der Waals surface area (Å²) in [6.07, 6.45) is 0.128. The van der Waals surface area contributed by atoms with Crippen LogP contribution in [0.5, 0.6) is 5.75 Å². The summed E-state index contributed by atoms with van der Waals surface area (Å²) >= 11 is 1.13. The van der Waals surface area contributed by atoms with E-state index in [1.165, 1.54) is 30.5 Å². The number of hydrogen-bond acceptors (Lipinski definition) is 8. The smallest absolute Gasteiger partial charge is 0.299 e. The van der Waals surface area contributed by atoms with Crippen molar-refractivity contribution in [2.75, 3.05) is 6.26 Å². The second kappa shape index (κ2) is 8.61. The highest BCUT2D eigenvalue weighted by atomic mass is 32.2. The minimum Gasteiger partial charge on any atom is -0.486 e. The molecule has 0 saturated heterocycles. The lowest BCUT2D eigenvalue weighted by atomic mass is 10.3. The number of aromatic nitrogens is 3. The molecule has 3 aromatic rings. The molecule has 0 atom stereocenters.